The topological polar surface area (TPSA) is 97.1 Å². The van der Waals surface area contributed by atoms with E-state index in [9.17, 15) is 9.59 Å². The van der Waals surface area contributed by atoms with Crippen molar-refractivity contribution in [2.45, 2.75) is 13.3 Å². The Bertz CT molecular complexity index is 579. The first-order valence-electron chi connectivity index (χ1n) is 6.13. The summed E-state index contributed by atoms with van der Waals surface area (Å²) >= 11 is 1.07. The van der Waals surface area contributed by atoms with Crippen LogP contribution >= 0.6 is 11.5 Å². The number of hydrogen-bond donors (Lipinski definition) is 2. The van der Waals surface area contributed by atoms with E-state index in [0.29, 0.717) is 30.1 Å². The van der Waals surface area contributed by atoms with Crippen LogP contribution in [0.15, 0.2) is 22.8 Å². The molecule has 0 atom stereocenters. The van der Waals surface area contributed by atoms with Crippen LogP contribution in [0.3, 0.4) is 0 Å². The SMILES string of the molecule is CCc1nnsc1C(=O)NCCNC(=O)c1ccco1. The smallest absolute Gasteiger partial charge is 0.287 e. The molecule has 0 spiro atoms. The fourth-order valence-corrected chi connectivity index (χ4v) is 2.21. The third kappa shape index (κ3) is 3.41. The van der Waals surface area contributed by atoms with E-state index in [4.69, 9.17) is 4.42 Å². The molecule has 8 heteroatoms. The van der Waals surface area contributed by atoms with E-state index >= 15 is 0 Å². The molecule has 0 aromatic carbocycles. The van der Waals surface area contributed by atoms with E-state index in [1.165, 1.54) is 6.26 Å². The summed E-state index contributed by atoms with van der Waals surface area (Å²) in [6.07, 6.45) is 2.09. The number of aromatic nitrogens is 2. The minimum atomic E-state index is -0.307. The molecule has 0 aliphatic rings. The van der Waals surface area contributed by atoms with Crippen LogP contribution in [-0.2, 0) is 6.42 Å². The normalized spacial score (nSPS) is 10.2. The molecule has 0 saturated carbocycles. The van der Waals surface area contributed by atoms with Gasteiger partial charge >= 0.3 is 0 Å². The Morgan fingerprint density at radius 1 is 1.30 bits per heavy atom. The molecule has 2 heterocycles. The third-order valence-corrected chi connectivity index (χ3v) is 3.30. The first-order chi connectivity index (χ1) is 9.72. The van der Waals surface area contributed by atoms with Crippen molar-refractivity contribution >= 4 is 23.3 Å². The molecular formula is C12H14N4O3S. The van der Waals surface area contributed by atoms with Crippen LogP contribution in [0.5, 0.6) is 0 Å². The molecule has 2 rings (SSSR count). The Labute approximate surface area is 119 Å². The summed E-state index contributed by atoms with van der Waals surface area (Å²) in [4.78, 5) is 23.9. The van der Waals surface area contributed by atoms with Gasteiger partial charge in [-0.05, 0) is 30.1 Å². The summed E-state index contributed by atoms with van der Waals surface area (Å²) in [5, 5.41) is 9.22. The lowest BCUT2D eigenvalue weighted by molar-refractivity contribution is 0.0911. The van der Waals surface area contributed by atoms with Gasteiger partial charge in [0, 0.05) is 13.1 Å². The number of furan rings is 1. The van der Waals surface area contributed by atoms with Crippen LogP contribution in [-0.4, -0.2) is 34.5 Å². The molecule has 0 bridgehead atoms. The van der Waals surface area contributed by atoms with E-state index in [-0.39, 0.29) is 17.6 Å². The predicted octanol–water partition coefficient (Wildman–Crippen LogP) is 0.853. The molecular weight excluding hydrogens is 280 g/mol. The first kappa shape index (κ1) is 14.2. The largest absolute Gasteiger partial charge is 0.459 e. The summed E-state index contributed by atoms with van der Waals surface area (Å²) in [7, 11) is 0. The average molecular weight is 294 g/mol. The minimum Gasteiger partial charge on any atom is -0.459 e. The van der Waals surface area contributed by atoms with Crippen molar-refractivity contribution in [2.75, 3.05) is 13.1 Å². The zero-order chi connectivity index (χ0) is 14.4. The van der Waals surface area contributed by atoms with Crippen LogP contribution < -0.4 is 10.6 Å². The number of nitrogens with zero attached hydrogens (tertiary/aromatic N) is 2. The van der Waals surface area contributed by atoms with Gasteiger partial charge in [0.15, 0.2) is 5.76 Å². The maximum absolute atomic E-state index is 11.8. The van der Waals surface area contributed by atoms with Crippen LogP contribution in [0.2, 0.25) is 0 Å². The van der Waals surface area contributed by atoms with Gasteiger partial charge in [0.1, 0.15) is 4.88 Å². The Balaban J connectivity index is 1.74. The quantitative estimate of drug-likeness (QED) is 0.770. The zero-order valence-corrected chi connectivity index (χ0v) is 11.7. The highest BCUT2D eigenvalue weighted by Crippen LogP contribution is 2.10. The average Bonchev–Trinajstić information content (AvgIpc) is 3.12. The number of rotatable bonds is 6. The van der Waals surface area contributed by atoms with Gasteiger partial charge in [0.2, 0.25) is 0 Å². The third-order valence-electron chi connectivity index (χ3n) is 2.54. The van der Waals surface area contributed by atoms with Crippen LogP contribution in [0.25, 0.3) is 0 Å². The molecule has 2 N–H and O–H groups in total. The van der Waals surface area contributed by atoms with Crippen molar-refractivity contribution in [3.8, 4) is 0 Å². The number of carbonyl (C=O) groups excluding carboxylic acids is 2. The van der Waals surface area contributed by atoms with E-state index in [1.807, 2.05) is 6.92 Å². The predicted molar refractivity (Wildman–Crippen MR) is 72.7 cm³/mol. The maximum atomic E-state index is 11.8. The van der Waals surface area contributed by atoms with Gasteiger partial charge in [-0.3, -0.25) is 9.59 Å². The molecule has 2 amide bonds. The zero-order valence-electron chi connectivity index (χ0n) is 10.9. The maximum Gasteiger partial charge on any atom is 0.287 e. The van der Waals surface area contributed by atoms with Crippen molar-refractivity contribution in [1.82, 2.24) is 20.2 Å². The minimum absolute atomic E-state index is 0.218. The molecule has 0 fully saturated rings. The van der Waals surface area contributed by atoms with Gasteiger partial charge < -0.3 is 15.1 Å². The van der Waals surface area contributed by atoms with E-state index < -0.39 is 0 Å². The molecule has 0 unspecified atom stereocenters. The Kier molecular flexibility index (Phi) is 4.83. The second-order valence-electron chi connectivity index (χ2n) is 3.89. The highest BCUT2D eigenvalue weighted by atomic mass is 32.1. The second-order valence-corrected chi connectivity index (χ2v) is 4.65. The van der Waals surface area contributed by atoms with Crippen LogP contribution in [0.4, 0.5) is 0 Å². The molecule has 106 valence electrons. The van der Waals surface area contributed by atoms with Gasteiger partial charge in [-0.2, -0.15) is 0 Å². The highest BCUT2D eigenvalue weighted by molar-refractivity contribution is 7.08. The monoisotopic (exact) mass is 294 g/mol. The lowest BCUT2D eigenvalue weighted by Crippen LogP contribution is -2.34. The summed E-state index contributed by atoms with van der Waals surface area (Å²) < 4.78 is 8.70. The summed E-state index contributed by atoms with van der Waals surface area (Å²) in [6.45, 7) is 2.56. The highest BCUT2D eigenvalue weighted by Gasteiger charge is 2.14. The van der Waals surface area contributed by atoms with Crippen LogP contribution in [0.1, 0.15) is 32.8 Å². The van der Waals surface area contributed by atoms with Gasteiger partial charge in [-0.25, -0.2) is 0 Å². The van der Waals surface area contributed by atoms with Gasteiger partial charge in [-0.1, -0.05) is 11.4 Å². The van der Waals surface area contributed by atoms with E-state index in [2.05, 4.69) is 20.2 Å². The van der Waals surface area contributed by atoms with Gasteiger partial charge in [0.05, 0.1) is 12.0 Å². The Morgan fingerprint density at radius 3 is 2.70 bits per heavy atom. The van der Waals surface area contributed by atoms with Crippen molar-refractivity contribution in [3.05, 3.63) is 34.7 Å². The van der Waals surface area contributed by atoms with Crippen molar-refractivity contribution in [1.29, 1.82) is 0 Å². The van der Waals surface area contributed by atoms with Gasteiger partial charge in [-0.15, -0.1) is 5.10 Å². The van der Waals surface area contributed by atoms with E-state index in [1.54, 1.807) is 12.1 Å². The summed E-state index contributed by atoms with van der Waals surface area (Å²) in [6, 6.07) is 3.21. The number of aryl methyl sites for hydroxylation is 1. The molecule has 2 aromatic rings. The van der Waals surface area contributed by atoms with Crippen molar-refractivity contribution in [3.63, 3.8) is 0 Å². The molecule has 0 aliphatic carbocycles. The number of carbonyl (C=O) groups is 2. The molecule has 7 nitrogen and oxygen atoms in total. The molecule has 2 aromatic heterocycles. The lowest BCUT2D eigenvalue weighted by Gasteiger charge is -2.05. The standard InChI is InChI=1S/C12H14N4O3S/c1-2-8-10(20-16-15-8)12(18)14-6-5-13-11(17)9-4-3-7-19-9/h3-4,7H,2,5-6H2,1H3,(H,13,17)(H,14,18). The number of amides is 2. The summed E-state index contributed by atoms with van der Waals surface area (Å²) in [5.41, 5.74) is 0.687. The fraction of sp³-hybridized carbons (Fsp3) is 0.333. The van der Waals surface area contributed by atoms with Gasteiger partial charge in [0.25, 0.3) is 11.8 Å². The number of hydrogen-bond acceptors (Lipinski definition) is 6. The first-order valence-corrected chi connectivity index (χ1v) is 6.90. The number of nitrogens with one attached hydrogen (secondary N) is 2. The van der Waals surface area contributed by atoms with Crippen molar-refractivity contribution in [2.24, 2.45) is 0 Å². The summed E-state index contributed by atoms with van der Waals surface area (Å²) in [5.74, 6) is -0.279. The van der Waals surface area contributed by atoms with Crippen molar-refractivity contribution < 1.29 is 14.0 Å². The Hall–Kier alpha value is -2.22. The lowest BCUT2D eigenvalue weighted by atomic mass is 10.3. The fourth-order valence-electron chi connectivity index (χ4n) is 1.54. The van der Waals surface area contributed by atoms with Crippen LogP contribution in [0, 0.1) is 0 Å². The molecule has 0 radical (unpaired) electrons. The van der Waals surface area contributed by atoms with E-state index in [0.717, 1.165) is 11.5 Å². The molecule has 20 heavy (non-hydrogen) atoms. The molecule has 0 aliphatic heterocycles. The Morgan fingerprint density at radius 2 is 2.05 bits per heavy atom. The second kappa shape index (κ2) is 6.80. The molecule has 0 saturated heterocycles.